The van der Waals surface area contributed by atoms with Crippen molar-refractivity contribution in [1.82, 2.24) is 4.90 Å². The molecule has 1 aliphatic heterocycles. The number of carbonyl (C=O) groups is 1. The number of anilines is 1. The molecule has 0 saturated carbocycles. The number of nitrogens with one attached hydrogen (secondary N) is 1. The molecule has 1 heterocycles. The Kier molecular flexibility index (Phi) is 7.70. The Balaban J connectivity index is 1.48. The highest BCUT2D eigenvalue weighted by molar-refractivity contribution is 6.30. The fraction of sp³-hybridized carbons (Fsp3) is 0.458. The van der Waals surface area contributed by atoms with Crippen LogP contribution < -0.4 is 5.32 Å². The van der Waals surface area contributed by atoms with Crippen molar-refractivity contribution in [3.05, 3.63) is 64.7 Å². The molecule has 3 rings (SSSR count). The van der Waals surface area contributed by atoms with Gasteiger partial charge < -0.3 is 15.3 Å². The van der Waals surface area contributed by atoms with Gasteiger partial charge >= 0.3 is 0 Å². The van der Waals surface area contributed by atoms with Gasteiger partial charge in [-0.3, -0.25) is 4.79 Å². The molecule has 0 bridgehead atoms. The highest BCUT2D eigenvalue weighted by Crippen LogP contribution is 2.30. The van der Waals surface area contributed by atoms with Crippen LogP contribution in [0.25, 0.3) is 0 Å². The highest BCUT2D eigenvalue weighted by atomic mass is 35.5. The predicted octanol–water partition coefficient (Wildman–Crippen LogP) is 5.24. The van der Waals surface area contributed by atoms with Crippen molar-refractivity contribution in [3.8, 4) is 0 Å². The van der Waals surface area contributed by atoms with Crippen LogP contribution in [-0.2, 0) is 4.79 Å². The number of nitrogens with zero attached hydrogens (tertiary/aromatic N) is 1. The molecule has 4 nitrogen and oxygen atoms in total. The minimum atomic E-state index is -0.453. The van der Waals surface area contributed by atoms with E-state index in [2.05, 4.69) is 22.3 Å². The van der Waals surface area contributed by atoms with E-state index in [0.29, 0.717) is 10.9 Å². The summed E-state index contributed by atoms with van der Waals surface area (Å²) in [6.45, 7) is 6.75. The van der Waals surface area contributed by atoms with Crippen LogP contribution in [0.2, 0.25) is 5.02 Å². The zero-order valence-corrected chi connectivity index (χ0v) is 18.0. The number of piperidine rings is 1. The number of amides is 1. The van der Waals surface area contributed by atoms with Crippen LogP contribution in [0.3, 0.4) is 0 Å². The van der Waals surface area contributed by atoms with E-state index in [0.717, 1.165) is 50.1 Å². The molecule has 1 atom stereocenters. The van der Waals surface area contributed by atoms with Crippen LogP contribution in [0.4, 0.5) is 5.69 Å². The SMILES string of the molecule is CC(C)C(=O)Nc1cccc(C2CCN(CCC(O)c3ccc(Cl)cc3)CC2)c1. The Labute approximate surface area is 178 Å². The molecule has 5 heteroatoms. The summed E-state index contributed by atoms with van der Waals surface area (Å²) in [4.78, 5) is 14.4. The zero-order chi connectivity index (χ0) is 20.8. The molecule has 156 valence electrons. The molecule has 1 saturated heterocycles. The predicted molar refractivity (Wildman–Crippen MR) is 119 cm³/mol. The summed E-state index contributed by atoms with van der Waals surface area (Å²) in [5, 5.41) is 14.1. The third kappa shape index (κ3) is 6.30. The van der Waals surface area contributed by atoms with Gasteiger partial charge in [-0.25, -0.2) is 0 Å². The van der Waals surface area contributed by atoms with Crippen molar-refractivity contribution in [1.29, 1.82) is 0 Å². The molecule has 0 aliphatic carbocycles. The van der Waals surface area contributed by atoms with Gasteiger partial charge in [0.2, 0.25) is 5.91 Å². The maximum atomic E-state index is 11.9. The van der Waals surface area contributed by atoms with E-state index >= 15 is 0 Å². The van der Waals surface area contributed by atoms with Crippen LogP contribution >= 0.6 is 11.6 Å². The normalized spacial score (nSPS) is 16.7. The lowest BCUT2D eigenvalue weighted by molar-refractivity contribution is -0.118. The number of halogens is 1. The third-order valence-electron chi connectivity index (χ3n) is 5.71. The number of benzene rings is 2. The second-order valence-electron chi connectivity index (χ2n) is 8.24. The summed E-state index contributed by atoms with van der Waals surface area (Å²) in [5.74, 6) is 0.546. The van der Waals surface area contributed by atoms with Gasteiger partial charge in [0.25, 0.3) is 0 Å². The Bertz CT molecular complexity index is 799. The van der Waals surface area contributed by atoms with E-state index in [1.54, 1.807) is 0 Å². The van der Waals surface area contributed by atoms with Crippen molar-refractivity contribution in [3.63, 3.8) is 0 Å². The van der Waals surface area contributed by atoms with Gasteiger partial charge in [0, 0.05) is 23.2 Å². The largest absolute Gasteiger partial charge is 0.388 e. The summed E-state index contributed by atoms with van der Waals surface area (Å²) >= 11 is 5.92. The first-order chi connectivity index (χ1) is 13.9. The van der Waals surface area contributed by atoms with Gasteiger partial charge in [0.05, 0.1) is 6.10 Å². The summed E-state index contributed by atoms with van der Waals surface area (Å²) in [6.07, 6.45) is 2.46. The number of rotatable bonds is 7. The van der Waals surface area contributed by atoms with Gasteiger partial charge in [-0.1, -0.05) is 49.7 Å². The topological polar surface area (TPSA) is 52.6 Å². The quantitative estimate of drug-likeness (QED) is 0.651. The number of carbonyl (C=O) groups excluding carboxylic acids is 1. The first kappa shape index (κ1) is 21.8. The summed E-state index contributed by atoms with van der Waals surface area (Å²) < 4.78 is 0. The molecule has 1 unspecified atom stereocenters. The second kappa shape index (κ2) is 10.2. The average molecular weight is 415 g/mol. The summed E-state index contributed by atoms with van der Waals surface area (Å²) in [6, 6.07) is 15.7. The first-order valence-electron chi connectivity index (χ1n) is 10.5. The Morgan fingerprint density at radius 2 is 1.86 bits per heavy atom. The van der Waals surface area contributed by atoms with Gasteiger partial charge in [-0.2, -0.15) is 0 Å². The van der Waals surface area contributed by atoms with Crippen LogP contribution in [0.1, 0.15) is 56.3 Å². The Morgan fingerprint density at radius 3 is 2.52 bits per heavy atom. The number of hydrogen-bond donors (Lipinski definition) is 2. The summed E-state index contributed by atoms with van der Waals surface area (Å²) in [5.41, 5.74) is 3.10. The number of hydrogen-bond acceptors (Lipinski definition) is 3. The monoisotopic (exact) mass is 414 g/mol. The number of aliphatic hydroxyl groups excluding tert-OH is 1. The van der Waals surface area contributed by atoms with Gasteiger partial charge in [0.15, 0.2) is 0 Å². The summed E-state index contributed by atoms with van der Waals surface area (Å²) in [7, 11) is 0. The minimum absolute atomic E-state index is 0.0230. The van der Waals surface area contributed by atoms with Gasteiger partial charge in [-0.05, 0) is 73.7 Å². The molecular weight excluding hydrogens is 384 g/mol. The molecule has 1 fully saturated rings. The average Bonchev–Trinajstić information content (AvgIpc) is 2.73. The van der Waals surface area contributed by atoms with E-state index in [4.69, 9.17) is 11.6 Å². The van der Waals surface area contributed by atoms with E-state index < -0.39 is 6.10 Å². The van der Waals surface area contributed by atoms with Crippen LogP contribution in [0, 0.1) is 5.92 Å². The molecule has 0 spiro atoms. The lowest BCUT2D eigenvalue weighted by Gasteiger charge is -2.32. The van der Waals surface area contributed by atoms with Crippen molar-refractivity contribution in [2.24, 2.45) is 5.92 Å². The molecule has 2 aromatic carbocycles. The number of aliphatic hydroxyl groups is 1. The molecule has 1 amide bonds. The molecule has 29 heavy (non-hydrogen) atoms. The van der Waals surface area contributed by atoms with Crippen LogP contribution in [0.15, 0.2) is 48.5 Å². The maximum absolute atomic E-state index is 11.9. The molecule has 0 radical (unpaired) electrons. The maximum Gasteiger partial charge on any atom is 0.226 e. The number of likely N-dealkylation sites (tertiary alicyclic amines) is 1. The van der Waals surface area contributed by atoms with Gasteiger partial charge in [-0.15, -0.1) is 0 Å². The van der Waals surface area contributed by atoms with Crippen molar-refractivity contribution in [2.75, 3.05) is 25.0 Å². The molecule has 1 aliphatic rings. The Morgan fingerprint density at radius 1 is 1.17 bits per heavy atom. The lowest BCUT2D eigenvalue weighted by atomic mass is 9.89. The third-order valence-corrected chi connectivity index (χ3v) is 5.96. The zero-order valence-electron chi connectivity index (χ0n) is 17.3. The standard InChI is InChI=1S/C24H31ClN2O2/c1-17(2)24(29)26-22-5-3-4-20(16-22)18-10-13-27(14-11-18)15-12-23(28)19-6-8-21(25)9-7-19/h3-9,16-18,23,28H,10-15H2,1-2H3,(H,26,29). The molecule has 0 aromatic heterocycles. The van der Waals surface area contributed by atoms with Crippen molar-refractivity contribution >= 4 is 23.2 Å². The molecular formula is C24H31ClN2O2. The van der Waals surface area contributed by atoms with Crippen molar-refractivity contribution < 1.29 is 9.90 Å². The highest BCUT2D eigenvalue weighted by Gasteiger charge is 2.21. The molecule has 2 N–H and O–H groups in total. The van der Waals surface area contributed by atoms with Gasteiger partial charge in [0.1, 0.15) is 0 Å². The lowest BCUT2D eigenvalue weighted by Crippen LogP contribution is -2.34. The van der Waals surface area contributed by atoms with Crippen LogP contribution in [0.5, 0.6) is 0 Å². The minimum Gasteiger partial charge on any atom is -0.388 e. The second-order valence-corrected chi connectivity index (χ2v) is 8.68. The van der Waals surface area contributed by atoms with E-state index in [-0.39, 0.29) is 11.8 Å². The van der Waals surface area contributed by atoms with E-state index in [9.17, 15) is 9.90 Å². The molecule has 2 aromatic rings. The van der Waals surface area contributed by atoms with E-state index in [1.807, 2.05) is 50.2 Å². The fourth-order valence-corrected chi connectivity index (χ4v) is 3.93. The first-order valence-corrected chi connectivity index (χ1v) is 10.9. The Hall–Kier alpha value is -1.88. The van der Waals surface area contributed by atoms with Crippen LogP contribution in [-0.4, -0.2) is 35.5 Å². The smallest absolute Gasteiger partial charge is 0.226 e. The van der Waals surface area contributed by atoms with E-state index in [1.165, 1.54) is 5.56 Å². The fourth-order valence-electron chi connectivity index (χ4n) is 3.80. The van der Waals surface area contributed by atoms with Crippen molar-refractivity contribution in [2.45, 2.75) is 45.1 Å².